The van der Waals surface area contributed by atoms with E-state index in [1.165, 1.54) is 4.90 Å². The first-order valence-corrected chi connectivity index (χ1v) is 11.5. The zero-order chi connectivity index (χ0) is 22.3. The van der Waals surface area contributed by atoms with Crippen LogP contribution in [-0.4, -0.2) is 17.8 Å². The van der Waals surface area contributed by atoms with Gasteiger partial charge >= 0.3 is 5.97 Å². The van der Waals surface area contributed by atoms with E-state index in [2.05, 4.69) is 12.2 Å². The standard InChI is InChI=1S/C28H21NO4/c30-26-24-20-10-11-21(23-14-22(20)23)25(24)27(31)29(26)18-7-3-6-17(12-18)28(32)33-19-9-8-15-4-1-2-5-16(15)13-19/h1-13,20-25H,14H2/t20-,21-,22-,23-,24-,25+/m1/s1. The van der Waals surface area contributed by atoms with Crippen LogP contribution < -0.4 is 9.64 Å². The van der Waals surface area contributed by atoms with Crippen LogP contribution in [0.5, 0.6) is 5.75 Å². The van der Waals surface area contributed by atoms with E-state index in [1.807, 2.05) is 36.4 Å². The van der Waals surface area contributed by atoms with Gasteiger partial charge in [0.2, 0.25) is 11.8 Å². The third-order valence-electron chi connectivity index (χ3n) is 7.93. The number of esters is 1. The van der Waals surface area contributed by atoms with Crippen LogP contribution in [0.25, 0.3) is 10.8 Å². The summed E-state index contributed by atoms with van der Waals surface area (Å²) in [5, 5.41) is 2.04. The largest absolute Gasteiger partial charge is 0.423 e. The quantitative estimate of drug-likeness (QED) is 0.261. The number of benzene rings is 3. The Labute approximate surface area is 190 Å². The molecule has 3 aromatic carbocycles. The molecule has 33 heavy (non-hydrogen) atoms. The molecule has 3 fully saturated rings. The number of anilines is 1. The second-order valence-electron chi connectivity index (χ2n) is 9.62. The second-order valence-corrected chi connectivity index (χ2v) is 9.62. The third-order valence-corrected chi connectivity index (χ3v) is 7.93. The SMILES string of the molecule is O=C(Oc1ccc2ccccc2c1)c1cccc(N2C(=O)[C@@H]3[C@@H]4C=C[C@H]([C@H]5C[C@H]45)[C@@H]3C2=O)c1. The molecule has 5 heteroatoms. The maximum atomic E-state index is 13.4. The molecule has 5 aliphatic rings. The van der Waals surface area contributed by atoms with Crippen LogP contribution in [-0.2, 0) is 9.59 Å². The number of nitrogens with zero attached hydrogens (tertiary/aromatic N) is 1. The van der Waals surface area contributed by atoms with Gasteiger partial charge in [0.15, 0.2) is 0 Å². The number of amides is 2. The number of allylic oxidation sites excluding steroid dienone is 2. The molecule has 2 saturated carbocycles. The fourth-order valence-electron chi connectivity index (χ4n) is 6.38. The monoisotopic (exact) mass is 435 g/mol. The van der Waals surface area contributed by atoms with E-state index in [-0.39, 0.29) is 35.5 Å². The summed E-state index contributed by atoms with van der Waals surface area (Å²) >= 11 is 0. The Hall–Kier alpha value is -3.73. The van der Waals surface area contributed by atoms with E-state index in [0.29, 0.717) is 28.8 Å². The molecule has 0 aromatic heterocycles. The van der Waals surface area contributed by atoms with Crippen LogP contribution in [0.2, 0.25) is 0 Å². The summed E-state index contributed by atoms with van der Waals surface area (Å²) < 4.78 is 5.60. The Balaban J connectivity index is 1.17. The van der Waals surface area contributed by atoms with Crippen molar-refractivity contribution in [2.75, 3.05) is 4.90 Å². The molecule has 1 heterocycles. The lowest BCUT2D eigenvalue weighted by Gasteiger charge is -2.37. The summed E-state index contributed by atoms with van der Waals surface area (Å²) in [6.07, 6.45) is 5.45. The smallest absolute Gasteiger partial charge is 0.343 e. The minimum Gasteiger partial charge on any atom is -0.423 e. The van der Waals surface area contributed by atoms with Gasteiger partial charge in [0.25, 0.3) is 0 Å². The minimum atomic E-state index is -0.522. The Bertz CT molecular complexity index is 1360. The van der Waals surface area contributed by atoms with E-state index in [1.54, 1.807) is 30.3 Å². The van der Waals surface area contributed by atoms with Gasteiger partial charge in [-0.05, 0) is 71.2 Å². The average Bonchev–Trinajstić information content (AvgIpc) is 3.62. The molecule has 6 atom stereocenters. The molecular formula is C28H21NO4. The Morgan fingerprint density at radius 1 is 0.788 bits per heavy atom. The van der Waals surface area contributed by atoms with Gasteiger partial charge in [0.1, 0.15) is 5.75 Å². The molecule has 5 nitrogen and oxygen atoms in total. The average molecular weight is 435 g/mol. The van der Waals surface area contributed by atoms with Gasteiger partial charge < -0.3 is 4.74 Å². The maximum absolute atomic E-state index is 13.4. The number of ether oxygens (including phenoxy) is 1. The van der Waals surface area contributed by atoms with Gasteiger partial charge in [-0.2, -0.15) is 0 Å². The maximum Gasteiger partial charge on any atom is 0.343 e. The summed E-state index contributed by atoms with van der Waals surface area (Å²) in [7, 11) is 0. The lowest BCUT2D eigenvalue weighted by atomic mass is 9.63. The second kappa shape index (κ2) is 6.64. The van der Waals surface area contributed by atoms with E-state index in [4.69, 9.17) is 4.74 Å². The van der Waals surface area contributed by atoms with Crippen LogP contribution in [0.3, 0.4) is 0 Å². The molecule has 2 amide bonds. The zero-order valence-corrected chi connectivity index (χ0v) is 17.8. The van der Waals surface area contributed by atoms with E-state index < -0.39 is 5.97 Å². The third kappa shape index (κ3) is 2.68. The van der Waals surface area contributed by atoms with Crippen molar-refractivity contribution in [3.8, 4) is 5.75 Å². The Morgan fingerprint density at radius 3 is 2.21 bits per heavy atom. The number of imide groups is 1. The fourth-order valence-corrected chi connectivity index (χ4v) is 6.38. The molecule has 0 spiro atoms. The molecule has 0 N–H and O–H groups in total. The first-order chi connectivity index (χ1) is 16.1. The fraction of sp³-hybridized carbons (Fsp3) is 0.250. The van der Waals surface area contributed by atoms with Crippen LogP contribution in [0.4, 0.5) is 5.69 Å². The molecule has 1 aliphatic heterocycles. The highest BCUT2D eigenvalue weighted by molar-refractivity contribution is 6.23. The van der Waals surface area contributed by atoms with Gasteiger partial charge in [-0.15, -0.1) is 0 Å². The Kier molecular flexibility index (Phi) is 3.78. The normalized spacial score (nSPS) is 31.0. The van der Waals surface area contributed by atoms with E-state index in [0.717, 1.165) is 17.2 Å². The van der Waals surface area contributed by atoms with Crippen molar-refractivity contribution < 1.29 is 19.1 Å². The summed E-state index contributed by atoms with van der Waals surface area (Å²) in [4.78, 5) is 40.9. The Morgan fingerprint density at radius 2 is 1.48 bits per heavy atom. The van der Waals surface area contributed by atoms with Crippen LogP contribution in [0.1, 0.15) is 16.8 Å². The van der Waals surface area contributed by atoms with Crippen molar-refractivity contribution in [1.82, 2.24) is 0 Å². The van der Waals surface area contributed by atoms with Crippen molar-refractivity contribution >= 4 is 34.2 Å². The summed E-state index contributed by atoms with van der Waals surface area (Å²) in [5.74, 6) is 0.609. The van der Waals surface area contributed by atoms with Gasteiger partial charge in [0.05, 0.1) is 23.1 Å². The molecule has 0 unspecified atom stereocenters. The van der Waals surface area contributed by atoms with Crippen LogP contribution >= 0.6 is 0 Å². The first-order valence-electron chi connectivity index (χ1n) is 11.5. The molecule has 2 bridgehead atoms. The van der Waals surface area contributed by atoms with Gasteiger partial charge in [-0.1, -0.05) is 48.6 Å². The van der Waals surface area contributed by atoms with Crippen molar-refractivity contribution in [3.63, 3.8) is 0 Å². The van der Waals surface area contributed by atoms with Gasteiger partial charge in [0, 0.05) is 0 Å². The van der Waals surface area contributed by atoms with Crippen LogP contribution in [0.15, 0.2) is 78.9 Å². The van der Waals surface area contributed by atoms with E-state index in [9.17, 15) is 14.4 Å². The number of hydrogen-bond donors (Lipinski definition) is 0. The molecule has 162 valence electrons. The number of rotatable bonds is 3. The van der Waals surface area contributed by atoms with Crippen molar-refractivity contribution in [1.29, 1.82) is 0 Å². The van der Waals surface area contributed by atoms with Crippen molar-refractivity contribution in [3.05, 3.63) is 84.4 Å². The summed E-state index contributed by atoms with van der Waals surface area (Å²) in [6, 6.07) is 20.0. The molecule has 1 saturated heterocycles. The number of fused-ring (bicyclic) bond motifs is 1. The summed E-state index contributed by atoms with van der Waals surface area (Å²) in [6.45, 7) is 0. The number of carbonyl (C=O) groups is 3. The van der Waals surface area contributed by atoms with Crippen molar-refractivity contribution in [2.24, 2.45) is 35.5 Å². The molecular weight excluding hydrogens is 414 g/mol. The van der Waals surface area contributed by atoms with Crippen LogP contribution in [0, 0.1) is 35.5 Å². The first kappa shape index (κ1) is 18.8. The molecule has 3 aromatic rings. The van der Waals surface area contributed by atoms with Crippen molar-refractivity contribution in [2.45, 2.75) is 6.42 Å². The lowest BCUT2D eigenvalue weighted by Crippen LogP contribution is -2.40. The predicted molar refractivity (Wildman–Crippen MR) is 123 cm³/mol. The topological polar surface area (TPSA) is 63.7 Å². The minimum absolute atomic E-state index is 0.130. The van der Waals surface area contributed by atoms with E-state index >= 15 is 0 Å². The predicted octanol–water partition coefficient (Wildman–Crippen LogP) is 4.62. The molecule has 4 aliphatic carbocycles. The zero-order valence-electron chi connectivity index (χ0n) is 17.8. The summed E-state index contributed by atoms with van der Waals surface area (Å²) in [5.41, 5.74) is 0.750. The molecule has 8 rings (SSSR count). The highest BCUT2D eigenvalue weighted by Crippen LogP contribution is 2.65. The number of carbonyl (C=O) groups excluding carboxylic acids is 3. The lowest BCUT2D eigenvalue weighted by molar-refractivity contribution is -0.124. The van der Waals surface area contributed by atoms with Gasteiger partial charge in [-0.25, -0.2) is 9.69 Å². The highest BCUT2D eigenvalue weighted by Gasteiger charge is 2.67. The highest BCUT2D eigenvalue weighted by atomic mass is 16.5. The van der Waals surface area contributed by atoms with Gasteiger partial charge in [-0.3, -0.25) is 9.59 Å². The number of hydrogen-bond acceptors (Lipinski definition) is 4. The molecule has 0 radical (unpaired) electrons.